The molecule has 0 unspecified atom stereocenters. The molecule has 0 aliphatic carbocycles. The molecule has 0 amide bonds. The average molecular weight is 529 g/mol. The lowest BCUT2D eigenvalue weighted by atomic mass is 9.30. The van der Waals surface area contributed by atoms with Crippen molar-refractivity contribution in [2.24, 2.45) is 0 Å². The fourth-order valence-corrected chi connectivity index (χ4v) is 6.95. The van der Waals surface area contributed by atoms with Gasteiger partial charge in [0.25, 0.3) is 0 Å². The van der Waals surface area contributed by atoms with Crippen LogP contribution in [0.5, 0.6) is 0 Å². The number of anilines is 3. The molecular formula is C38H37B2N. The Labute approximate surface area is 246 Å². The minimum Gasteiger partial charge on any atom is -0.313 e. The third kappa shape index (κ3) is 4.17. The molecule has 0 radical (unpaired) electrons. The van der Waals surface area contributed by atoms with E-state index < -0.39 is 0 Å². The van der Waals surface area contributed by atoms with Gasteiger partial charge in [0, 0.05) is 17.1 Å². The molecule has 2 heterocycles. The Balaban J connectivity index is 1.46. The predicted octanol–water partition coefficient (Wildman–Crippen LogP) is 5.41. The quantitative estimate of drug-likeness (QED) is 0.271. The van der Waals surface area contributed by atoms with Crippen molar-refractivity contribution >= 4 is 63.3 Å². The molecule has 2 aliphatic heterocycles. The van der Waals surface area contributed by atoms with E-state index in [1.807, 2.05) is 0 Å². The average Bonchev–Trinajstić information content (AvgIpc) is 2.96. The van der Waals surface area contributed by atoms with Gasteiger partial charge >= 0.3 is 0 Å². The highest BCUT2D eigenvalue weighted by Gasteiger charge is 2.42. The fraction of sp³-hybridized carbons (Fsp3) is 0.211. The van der Waals surface area contributed by atoms with Crippen LogP contribution in [0.4, 0.5) is 17.1 Å². The summed E-state index contributed by atoms with van der Waals surface area (Å²) in [6.45, 7) is 14.1. The van der Waals surface area contributed by atoms with Crippen molar-refractivity contribution in [1.82, 2.24) is 0 Å². The van der Waals surface area contributed by atoms with E-state index in [9.17, 15) is 0 Å². The zero-order valence-electron chi connectivity index (χ0n) is 25.1. The van der Waals surface area contributed by atoms with Crippen molar-refractivity contribution in [2.75, 3.05) is 4.90 Å². The van der Waals surface area contributed by atoms with E-state index in [1.165, 1.54) is 61.0 Å². The molecule has 2 aliphatic rings. The molecule has 5 aromatic carbocycles. The SMILES string of the molecule is CC(C)(C)c1ccc(B2c3ccccc3N3c4ccccc4B(c4ccc(C(C)(C)C)cc4)c4cccc2c43)cc1. The van der Waals surface area contributed by atoms with Crippen LogP contribution in [-0.2, 0) is 10.8 Å². The van der Waals surface area contributed by atoms with Gasteiger partial charge in [0.15, 0.2) is 0 Å². The van der Waals surface area contributed by atoms with E-state index >= 15 is 0 Å². The predicted molar refractivity (Wildman–Crippen MR) is 181 cm³/mol. The van der Waals surface area contributed by atoms with Crippen LogP contribution in [0.25, 0.3) is 0 Å². The van der Waals surface area contributed by atoms with E-state index in [0.717, 1.165) is 0 Å². The first-order valence-corrected chi connectivity index (χ1v) is 14.9. The second-order valence-corrected chi connectivity index (χ2v) is 13.8. The summed E-state index contributed by atoms with van der Waals surface area (Å²) in [5.41, 5.74) is 15.1. The molecule has 0 fully saturated rings. The van der Waals surface area contributed by atoms with Gasteiger partial charge < -0.3 is 4.90 Å². The molecule has 1 nitrogen and oxygen atoms in total. The normalized spacial score (nSPS) is 14.0. The molecule has 41 heavy (non-hydrogen) atoms. The van der Waals surface area contributed by atoms with Crippen molar-refractivity contribution in [3.63, 3.8) is 0 Å². The number of hydrogen-bond acceptors (Lipinski definition) is 1. The lowest BCUT2D eigenvalue weighted by Crippen LogP contribution is -2.64. The minimum atomic E-state index is 0.130. The Hall–Kier alpha value is -3.97. The summed E-state index contributed by atoms with van der Waals surface area (Å²) in [6, 6.07) is 43.8. The topological polar surface area (TPSA) is 3.24 Å². The summed E-state index contributed by atoms with van der Waals surface area (Å²) in [7, 11) is 0. The third-order valence-corrected chi connectivity index (χ3v) is 9.14. The number of rotatable bonds is 2. The summed E-state index contributed by atoms with van der Waals surface area (Å²) in [6.07, 6.45) is 0. The Bertz CT molecular complexity index is 1630. The van der Waals surface area contributed by atoms with Gasteiger partial charge in [0.2, 0.25) is 13.4 Å². The molecule has 7 rings (SSSR count). The van der Waals surface area contributed by atoms with Crippen molar-refractivity contribution in [2.45, 2.75) is 52.4 Å². The Morgan fingerprint density at radius 2 is 0.780 bits per heavy atom. The van der Waals surface area contributed by atoms with Gasteiger partial charge in [-0.25, -0.2) is 0 Å². The van der Waals surface area contributed by atoms with Crippen molar-refractivity contribution in [3.8, 4) is 0 Å². The highest BCUT2D eigenvalue weighted by atomic mass is 15.2. The molecule has 0 atom stereocenters. The fourth-order valence-electron chi connectivity index (χ4n) is 6.95. The molecule has 0 saturated heterocycles. The maximum absolute atomic E-state index is 2.54. The van der Waals surface area contributed by atoms with Crippen LogP contribution in [0.3, 0.4) is 0 Å². The first-order valence-electron chi connectivity index (χ1n) is 14.9. The number of benzene rings is 5. The van der Waals surface area contributed by atoms with Crippen LogP contribution < -0.4 is 37.7 Å². The van der Waals surface area contributed by atoms with E-state index in [4.69, 9.17) is 0 Å². The number of hydrogen-bond donors (Lipinski definition) is 0. The van der Waals surface area contributed by atoms with Crippen LogP contribution in [0.2, 0.25) is 0 Å². The van der Waals surface area contributed by atoms with Crippen molar-refractivity contribution < 1.29 is 0 Å². The van der Waals surface area contributed by atoms with E-state index in [2.05, 4.69) is 162 Å². The molecule has 0 aromatic heterocycles. The Morgan fingerprint density at radius 1 is 0.415 bits per heavy atom. The molecule has 200 valence electrons. The highest BCUT2D eigenvalue weighted by Crippen LogP contribution is 2.37. The largest absolute Gasteiger partial charge is 0.313 e. The second kappa shape index (κ2) is 9.28. The van der Waals surface area contributed by atoms with Gasteiger partial charge in [-0.15, -0.1) is 0 Å². The summed E-state index contributed by atoms with van der Waals surface area (Å²) in [4.78, 5) is 2.54. The lowest BCUT2D eigenvalue weighted by Gasteiger charge is -2.43. The summed E-state index contributed by atoms with van der Waals surface area (Å²) in [5.74, 6) is 0. The zero-order valence-corrected chi connectivity index (χ0v) is 25.1. The first kappa shape index (κ1) is 26.0. The highest BCUT2D eigenvalue weighted by molar-refractivity contribution is 7.02. The smallest absolute Gasteiger partial charge is 0.246 e. The second-order valence-electron chi connectivity index (χ2n) is 13.8. The molecule has 5 aromatic rings. The van der Waals surface area contributed by atoms with Gasteiger partial charge in [0.1, 0.15) is 0 Å². The van der Waals surface area contributed by atoms with E-state index in [1.54, 1.807) is 0 Å². The van der Waals surface area contributed by atoms with Crippen LogP contribution >= 0.6 is 0 Å². The van der Waals surface area contributed by atoms with Gasteiger partial charge in [-0.3, -0.25) is 0 Å². The maximum Gasteiger partial charge on any atom is 0.246 e. The standard InChI is InChI=1S/C38H37B2N/c1-37(2,3)26-18-22-28(23-19-26)39-30-12-7-9-16-34(30)41-35-17-10-8-13-31(35)40(33-15-11-14-32(39)36(33)41)29-24-20-27(21-25-29)38(4,5)6/h7-25H,1-6H3. The molecule has 0 saturated carbocycles. The zero-order chi connectivity index (χ0) is 28.5. The lowest BCUT2D eigenvalue weighted by molar-refractivity contribution is 0.590. The molecule has 0 spiro atoms. The van der Waals surface area contributed by atoms with Crippen LogP contribution in [0.1, 0.15) is 52.7 Å². The van der Waals surface area contributed by atoms with Gasteiger partial charge in [-0.1, -0.05) is 156 Å². The van der Waals surface area contributed by atoms with Crippen LogP contribution in [0.15, 0.2) is 115 Å². The van der Waals surface area contributed by atoms with Crippen LogP contribution in [0, 0.1) is 0 Å². The first-order chi connectivity index (χ1) is 19.6. The molecule has 0 bridgehead atoms. The van der Waals surface area contributed by atoms with Gasteiger partial charge in [-0.05, 0) is 55.9 Å². The Kier molecular flexibility index (Phi) is 5.88. The van der Waals surface area contributed by atoms with Gasteiger partial charge in [-0.2, -0.15) is 0 Å². The van der Waals surface area contributed by atoms with Crippen molar-refractivity contribution in [1.29, 1.82) is 0 Å². The molecule has 0 N–H and O–H groups in total. The number of nitrogens with zero attached hydrogens (tertiary/aromatic N) is 1. The van der Waals surface area contributed by atoms with E-state index in [-0.39, 0.29) is 24.3 Å². The Morgan fingerprint density at radius 3 is 1.17 bits per heavy atom. The van der Waals surface area contributed by atoms with E-state index in [0.29, 0.717) is 0 Å². The summed E-state index contributed by atoms with van der Waals surface area (Å²) < 4.78 is 0. The monoisotopic (exact) mass is 529 g/mol. The van der Waals surface area contributed by atoms with Gasteiger partial charge in [0.05, 0.1) is 0 Å². The summed E-state index contributed by atoms with van der Waals surface area (Å²) >= 11 is 0. The van der Waals surface area contributed by atoms with Crippen molar-refractivity contribution in [3.05, 3.63) is 126 Å². The number of para-hydroxylation sites is 3. The minimum absolute atomic E-state index is 0.130. The third-order valence-electron chi connectivity index (χ3n) is 9.14. The maximum atomic E-state index is 2.54. The molecule has 3 heteroatoms. The number of fused-ring (bicyclic) bond motifs is 4. The van der Waals surface area contributed by atoms with Crippen LogP contribution in [-0.4, -0.2) is 13.4 Å². The summed E-state index contributed by atoms with van der Waals surface area (Å²) in [5, 5.41) is 0. The molecular weight excluding hydrogens is 492 g/mol.